The molecule has 0 saturated carbocycles. The lowest BCUT2D eigenvalue weighted by atomic mass is 10.1. The summed E-state index contributed by atoms with van der Waals surface area (Å²) in [6, 6.07) is 27.8. The minimum atomic E-state index is 0.992. The van der Waals surface area contributed by atoms with Crippen LogP contribution in [-0.2, 0) is 0 Å². The zero-order valence-electron chi connectivity index (χ0n) is 22.8. The van der Waals surface area contributed by atoms with E-state index in [0.717, 1.165) is 39.7 Å². The number of hydrogen-bond donors (Lipinski definition) is 0. The highest BCUT2D eigenvalue weighted by Crippen LogP contribution is 2.36. The van der Waals surface area contributed by atoms with E-state index in [1.54, 1.807) is 0 Å². The third-order valence-corrected chi connectivity index (χ3v) is 5.82. The molecule has 0 atom stereocenters. The molecule has 3 aromatic rings. The summed E-state index contributed by atoms with van der Waals surface area (Å²) in [7, 11) is 0. The lowest BCUT2D eigenvalue weighted by Crippen LogP contribution is -2.20. The van der Waals surface area contributed by atoms with Crippen LogP contribution in [0, 0.1) is 6.92 Å². The molecule has 3 rings (SSSR count). The maximum atomic E-state index is 4.11. The number of allylic oxidation sites excluding steroid dienone is 8. The molecule has 0 unspecified atom stereocenters. The number of rotatable bonds is 10. The van der Waals surface area contributed by atoms with Gasteiger partial charge in [-0.15, -0.1) is 0 Å². The Morgan fingerprint density at radius 3 is 1.73 bits per heavy atom. The monoisotopic (exact) mass is 486 g/mol. The van der Waals surface area contributed by atoms with Crippen LogP contribution >= 0.6 is 0 Å². The lowest BCUT2D eigenvalue weighted by molar-refractivity contribution is 1.13. The summed E-state index contributed by atoms with van der Waals surface area (Å²) >= 11 is 0. The molecule has 0 fully saturated rings. The van der Waals surface area contributed by atoms with Crippen LogP contribution in [0.4, 0.5) is 22.7 Å². The number of nitrogens with zero attached hydrogens (tertiary/aromatic N) is 2. The van der Waals surface area contributed by atoms with Crippen LogP contribution in [0.15, 0.2) is 151 Å². The SMILES string of the molecule is C=C/C(=C\C=C(C)C)N(C(/C=C\C(=C)C)=C/C)c1ccc(N(c2ccccc2)c2ccc(C)cc2)cc1. The van der Waals surface area contributed by atoms with Gasteiger partial charge in [0.15, 0.2) is 0 Å². The molecule has 0 N–H and O–H groups in total. The highest BCUT2D eigenvalue weighted by Gasteiger charge is 2.16. The van der Waals surface area contributed by atoms with Gasteiger partial charge in [-0.05, 0) is 101 Å². The summed E-state index contributed by atoms with van der Waals surface area (Å²) < 4.78 is 0. The van der Waals surface area contributed by atoms with E-state index < -0.39 is 0 Å². The Morgan fingerprint density at radius 2 is 1.22 bits per heavy atom. The summed E-state index contributed by atoms with van der Waals surface area (Å²) in [6.45, 7) is 18.5. The van der Waals surface area contributed by atoms with E-state index >= 15 is 0 Å². The van der Waals surface area contributed by atoms with Gasteiger partial charge < -0.3 is 9.80 Å². The van der Waals surface area contributed by atoms with Gasteiger partial charge in [0.25, 0.3) is 0 Å². The van der Waals surface area contributed by atoms with Crippen molar-refractivity contribution in [2.45, 2.75) is 34.6 Å². The van der Waals surface area contributed by atoms with Crippen LogP contribution in [0.3, 0.4) is 0 Å². The molecule has 0 heterocycles. The number of anilines is 4. The number of benzene rings is 3. The lowest BCUT2D eigenvalue weighted by Gasteiger charge is -2.29. The quantitative estimate of drug-likeness (QED) is 0.263. The molecule has 0 radical (unpaired) electrons. The van der Waals surface area contributed by atoms with Crippen LogP contribution in [0.25, 0.3) is 0 Å². The fourth-order valence-electron chi connectivity index (χ4n) is 3.93. The van der Waals surface area contributed by atoms with Gasteiger partial charge in [-0.25, -0.2) is 0 Å². The molecule has 2 heteroatoms. The van der Waals surface area contributed by atoms with Gasteiger partial charge in [-0.2, -0.15) is 0 Å². The van der Waals surface area contributed by atoms with Crippen molar-refractivity contribution in [3.05, 3.63) is 157 Å². The second kappa shape index (κ2) is 13.1. The minimum absolute atomic E-state index is 0.992. The van der Waals surface area contributed by atoms with Gasteiger partial charge in [-0.3, -0.25) is 0 Å². The van der Waals surface area contributed by atoms with Gasteiger partial charge in [0.05, 0.1) is 0 Å². The molecule has 0 aliphatic rings. The molecule has 37 heavy (non-hydrogen) atoms. The zero-order chi connectivity index (χ0) is 26.8. The maximum absolute atomic E-state index is 4.11. The molecule has 0 aromatic heterocycles. The predicted octanol–water partition coefficient (Wildman–Crippen LogP) is 10.3. The standard InChI is InChI=1S/C35H38N2/c1-8-30(19-15-27(3)4)36(31(9-2)20-16-28(5)6)34-23-25-35(26-24-34)37(32-13-11-10-12-14-32)33-21-17-29(7)18-22-33/h8-26H,1,5H2,2-4,6-7H3/b20-16-,30-19+,31-9+. The number of aryl methyl sites for hydroxylation is 1. The fraction of sp³-hybridized carbons (Fsp3) is 0.143. The molecule has 188 valence electrons. The first-order valence-corrected chi connectivity index (χ1v) is 12.6. The Bertz CT molecular complexity index is 1310. The van der Waals surface area contributed by atoms with Crippen molar-refractivity contribution in [3.63, 3.8) is 0 Å². The van der Waals surface area contributed by atoms with E-state index in [4.69, 9.17) is 0 Å². The van der Waals surface area contributed by atoms with Crippen LogP contribution < -0.4 is 9.80 Å². The molecular formula is C35H38N2. The Hall–Kier alpha value is -4.30. The molecular weight excluding hydrogens is 448 g/mol. The average Bonchev–Trinajstić information content (AvgIpc) is 2.90. The molecule has 0 saturated heterocycles. The molecule has 0 spiro atoms. The second-order valence-electron chi connectivity index (χ2n) is 9.29. The predicted molar refractivity (Wildman–Crippen MR) is 164 cm³/mol. The Labute approximate surface area is 223 Å². The smallest absolute Gasteiger partial charge is 0.0463 e. The highest BCUT2D eigenvalue weighted by atomic mass is 15.2. The molecule has 0 aliphatic carbocycles. The molecule has 0 amide bonds. The second-order valence-corrected chi connectivity index (χ2v) is 9.29. The normalized spacial score (nSPS) is 11.8. The van der Waals surface area contributed by atoms with Gasteiger partial charge in [0.2, 0.25) is 0 Å². The minimum Gasteiger partial charge on any atom is -0.311 e. The first-order chi connectivity index (χ1) is 17.8. The van der Waals surface area contributed by atoms with Gasteiger partial charge in [0.1, 0.15) is 0 Å². The molecule has 0 aliphatic heterocycles. The van der Waals surface area contributed by atoms with Crippen molar-refractivity contribution in [3.8, 4) is 0 Å². The van der Waals surface area contributed by atoms with E-state index in [1.807, 2.05) is 25.1 Å². The number of para-hydroxylation sites is 1. The summed E-state index contributed by atoms with van der Waals surface area (Å²) in [5.74, 6) is 0. The van der Waals surface area contributed by atoms with E-state index in [1.165, 1.54) is 11.1 Å². The largest absolute Gasteiger partial charge is 0.311 e. The summed E-state index contributed by atoms with van der Waals surface area (Å²) in [4.78, 5) is 4.49. The number of hydrogen-bond acceptors (Lipinski definition) is 2. The summed E-state index contributed by atoms with van der Waals surface area (Å²) in [6.07, 6.45) is 12.4. The van der Waals surface area contributed by atoms with E-state index in [9.17, 15) is 0 Å². The van der Waals surface area contributed by atoms with Crippen LogP contribution in [0.5, 0.6) is 0 Å². The van der Waals surface area contributed by atoms with Crippen molar-refractivity contribution in [2.24, 2.45) is 0 Å². The first-order valence-electron chi connectivity index (χ1n) is 12.6. The van der Waals surface area contributed by atoms with Crippen molar-refractivity contribution >= 4 is 22.7 Å². The van der Waals surface area contributed by atoms with Crippen molar-refractivity contribution in [2.75, 3.05) is 9.80 Å². The van der Waals surface area contributed by atoms with Crippen LogP contribution in [0.1, 0.15) is 33.3 Å². The summed E-state index contributed by atoms with van der Waals surface area (Å²) in [5.41, 5.74) is 9.88. The van der Waals surface area contributed by atoms with E-state index in [0.29, 0.717) is 0 Å². The third kappa shape index (κ3) is 7.35. The first kappa shape index (κ1) is 27.3. The van der Waals surface area contributed by atoms with Gasteiger partial charge >= 0.3 is 0 Å². The van der Waals surface area contributed by atoms with E-state index in [-0.39, 0.29) is 0 Å². The average molecular weight is 487 g/mol. The molecule has 0 bridgehead atoms. The van der Waals surface area contributed by atoms with E-state index in [2.05, 4.69) is 148 Å². The van der Waals surface area contributed by atoms with Crippen molar-refractivity contribution < 1.29 is 0 Å². The summed E-state index contributed by atoms with van der Waals surface area (Å²) in [5, 5.41) is 0. The highest BCUT2D eigenvalue weighted by molar-refractivity contribution is 5.78. The molecule has 3 aromatic carbocycles. The Morgan fingerprint density at radius 1 is 0.676 bits per heavy atom. The van der Waals surface area contributed by atoms with Crippen molar-refractivity contribution in [1.82, 2.24) is 0 Å². The van der Waals surface area contributed by atoms with Gasteiger partial charge in [-0.1, -0.05) is 78.4 Å². The third-order valence-electron chi connectivity index (χ3n) is 5.82. The molecule has 2 nitrogen and oxygen atoms in total. The van der Waals surface area contributed by atoms with Gasteiger partial charge in [0, 0.05) is 34.1 Å². The van der Waals surface area contributed by atoms with Crippen LogP contribution in [-0.4, -0.2) is 0 Å². The fourth-order valence-corrected chi connectivity index (χ4v) is 3.93. The Kier molecular flexibility index (Phi) is 9.69. The van der Waals surface area contributed by atoms with Crippen LogP contribution in [0.2, 0.25) is 0 Å². The zero-order valence-corrected chi connectivity index (χ0v) is 22.8. The van der Waals surface area contributed by atoms with Crippen molar-refractivity contribution in [1.29, 1.82) is 0 Å². The Balaban J connectivity index is 2.12. The topological polar surface area (TPSA) is 6.48 Å². The maximum Gasteiger partial charge on any atom is 0.0463 e.